The monoisotopic (exact) mass is 300 g/mol. The Bertz CT molecular complexity index is 573. The molecule has 3 N–H and O–H groups in total. The molecule has 0 saturated heterocycles. The highest BCUT2D eigenvalue weighted by molar-refractivity contribution is 5.56. The van der Waals surface area contributed by atoms with Gasteiger partial charge in [-0.05, 0) is 37.5 Å². The summed E-state index contributed by atoms with van der Waals surface area (Å²) < 4.78 is 0. The molecule has 0 bridgehead atoms. The first-order valence-electron chi connectivity index (χ1n) is 7.78. The largest absolute Gasteiger partial charge is 0.354 e. The van der Waals surface area contributed by atoms with Crippen molar-refractivity contribution < 1.29 is 0 Å². The Morgan fingerprint density at radius 1 is 0.864 bits per heavy atom. The summed E-state index contributed by atoms with van der Waals surface area (Å²) >= 11 is 0. The minimum Gasteiger partial charge on any atom is -0.354 e. The molecule has 1 heterocycles. The topological polar surface area (TPSA) is 74.8 Å². The van der Waals surface area contributed by atoms with Gasteiger partial charge >= 0.3 is 0 Å². The molecule has 118 valence electrons. The quantitative estimate of drug-likeness (QED) is 0.692. The highest BCUT2D eigenvalue weighted by Gasteiger charge is 2.06. The smallest absolute Gasteiger partial charge is 0.233 e. The van der Waals surface area contributed by atoms with Crippen LogP contribution >= 0.6 is 0 Å². The van der Waals surface area contributed by atoms with Crippen LogP contribution in [-0.4, -0.2) is 28.0 Å². The molecule has 0 aliphatic carbocycles. The maximum Gasteiger partial charge on any atom is 0.233 e. The average molecular weight is 300 g/mol. The number of nitrogens with zero attached hydrogens (tertiary/aromatic N) is 3. The second-order valence-electron chi connectivity index (χ2n) is 5.15. The van der Waals surface area contributed by atoms with Gasteiger partial charge in [0.05, 0.1) is 0 Å². The molecule has 2 aromatic rings. The fourth-order valence-electron chi connectivity index (χ4n) is 1.92. The van der Waals surface area contributed by atoms with Crippen LogP contribution in [0.1, 0.15) is 32.3 Å². The van der Waals surface area contributed by atoms with E-state index >= 15 is 0 Å². The summed E-state index contributed by atoms with van der Waals surface area (Å²) in [5.74, 6) is 1.72. The lowest BCUT2D eigenvalue weighted by molar-refractivity contribution is 0.919. The van der Waals surface area contributed by atoms with E-state index in [1.54, 1.807) is 0 Å². The number of nitrogens with one attached hydrogen (secondary N) is 3. The molecule has 1 aromatic carbocycles. The Labute approximate surface area is 131 Å². The van der Waals surface area contributed by atoms with Gasteiger partial charge in [-0.15, -0.1) is 0 Å². The van der Waals surface area contributed by atoms with Crippen LogP contribution in [0.4, 0.5) is 23.5 Å². The van der Waals surface area contributed by atoms with Crippen LogP contribution in [0.2, 0.25) is 0 Å². The van der Waals surface area contributed by atoms with E-state index in [0.717, 1.165) is 31.6 Å². The van der Waals surface area contributed by atoms with Gasteiger partial charge in [0.2, 0.25) is 17.8 Å². The molecule has 0 amide bonds. The maximum absolute atomic E-state index is 4.42. The lowest BCUT2D eigenvalue weighted by atomic mass is 10.2. The van der Waals surface area contributed by atoms with Gasteiger partial charge in [0.15, 0.2) is 0 Å². The van der Waals surface area contributed by atoms with Gasteiger partial charge in [-0.2, -0.15) is 15.0 Å². The summed E-state index contributed by atoms with van der Waals surface area (Å²) in [7, 11) is 0. The first-order chi connectivity index (χ1) is 10.7. The Kier molecular flexibility index (Phi) is 5.94. The zero-order chi connectivity index (χ0) is 15.8. The molecule has 2 rings (SSSR count). The molecule has 0 radical (unpaired) electrons. The third-order valence-electron chi connectivity index (χ3n) is 2.98. The van der Waals surface area contributed by atoms with Gasteiger partial charge < -0.3 is 16.0 Å². The minimum atomic E-state index is 0.540. The van der Waals surface area contributed by atoms with E-state index < -0.39 is 0 Å². The van der Waals surface area contributed by atoms with E-state index in [4.69, 9.17) is 0 Å². The molecule has 0 unspecified atom stereocenters. The van der Waals surface area contributed by atoms with E-state index in [0.29, 0.717) is 17.8 Å². The maximum atomic E-state index is 4.42. The standard InChI is InChI=1S/C16H24N6/c1-4-9-17-14-20-15(18-10-5-2)22-16(21-14)19-13-8-6-7-12(3)11-13/h6-8,11H,4-5,9-10H2,1-3H3,(H3,17,18,19,20,21,22). The summed E-state index contributed by atoms with van der Waals surface area (Å²) in [6.45, 7) is 7.94. The molecule has 0 spiro atoms. The predicted molar refractivity (Wildman–Crippen MR) is 91.9 cm³/mol. The Morgan fingerprint density at radius 3 is 2.00 bits per heavy atom. The van der Waals surface area contributed by atoms with E-state index in [1.165, 1.54) is 5.56 Å². The zero-order valence-electron chi connectivity index (χ0n) is 13.5. The molecule has 0 aliphatic heterocycles. The normalized spacial score (nSPS) is 10.3. The van der Waals surface area contributed by atoms with Crippen LogP contribution in [0.25, 0.3) is 0 Å². The molecule has 1 aromatic heterocycles. The fraction of sp³-hybridized carbons (Fsp3) is 0.438. The average Bonchev–Trinajstić information content (AvgIpc) is 2.51. The number of hydrogen-bond acceptors (Lipinski definition) is 6. The molecule has 0 atom stereocenters. The number of aromatic nitrogens is 3. The van der Waals surface area contributed by atoms with Gasteiger partial charge in [-0.1, -0.05) is 26.0 Å². The molecule has 0 aliphatic rings. The number of anilines is 4. The molecular weight excluding hydrogens is 276 g/mol. The highest BCUT2D eigenvalue weighted by Crippen LogP contribution is 2.16. The highest BCUT2D eigenvalue weighted by atomic mass is 15.3. The van der Waals surface area contributed by atoms with Gasteiger partial charge in [0.25, 0.3) is 0 Å². The van der Waals surface area contributed by atoms with Crippen LogP contribution < -0.4 is 16.0 Å². The van der Waals surface area contributed by atoms with Gasteiger partial charge in [0.1, 0.15) is 0 Å². The molecule has 6 heteroatoms. The number of aryl methyl sites for hydroxylation is 1. The number of hydrogen-bond donors (Lipinski definition) is 3. The SMILES string of the molecule is CCCNc1nc(NCCC)nc(Nc2cccc(C)c2)n1. The lowest BCUT2D eigenvalue weighted by Crippen LogP contribution is -2.12. The predicted octanol–water partition coefficient (Wildman–Crippen LogP) is 3.57. The fourth-order valence-corrected chi connectivity index (χ4v) is 1.92. The van der Waals surface area contributed by atoms with Crippen molar-refractivity contribution >= 4 is 23.5 Å². The third kappa shape index (κ3) is 4.87. The first-order valence-corrected chi connectivity index (χ1v) is 7.78. The molecule has 6 nitrogen and oxygen atoms in total. The van der Waals surface area contributed by atoms with E-state index in [1.807, 2.05) is 12.1 Å². The van der Waals surface area contributed by atoms with Crippen molar-refractivity contribution in [3.63, 3.8) is 0 Å². The Balaban J connectivity index is 2.20. The van der Waals surface area contributed by atoms with Gasteiger partial charge in [-0.25, -0.2) is 0 Å². The van der Waals surface area contributed by atoms with Crippen molar-refractivity contribution in [3.05, 3.63) is 29.8 Å². The van der Waals surface area contributed by atoms with Crippen molar-refractivity contribution in [2.75, 3.05) is 29.0 Å². The van der Waals surface area contributed by atoms with Crippen molar-refractivity contribution in [1.29, 1.82) is 0 Å². The summed E-state index contributed by atoms with van der Waals surface area (Å²) in [4.78, 5) is 13.2. The van der Waals surface area contributed by atoms with Crippen molar-refractivity contribution in [2.24, 2.45) is 0 Å². The molecule has 22 heavy (non-hydrogen) atoms. The van der Waals surface area contributed by atoms with E-state index in [9.17, 15) is 0 Å². The van der Waals surface area contributed by atoms with Crippen LogP contribution in [0.15, 0.2) is 24.3 Å². The number of rotatable bonds is 8. The second-order valence-corrected chi connectivity index (χ2v) is 5.15. The Morgan fingerprint density at radius 2 is 1.45 bits per heavy atom. The zero-order valence-corrected chi connectivity index (χ0v) is 13.5. The van der Waals surface area contributed by atoms with Crippen LogP contribution in [0.5, 0.6) is 0 Å². The van der Waals surface area contributed by atoms with Crippen LogP contribution in [-0.2, 0) is 0 Å². The summed E-state index contributed by atoms with van der Waals surface area (Å²) in [6, 6.07) is 8.11. The molecular formula is C16H24N6. The van der Waals surface area contributed by atoms with E-state index in [-0.39, 0.29) is 0 Å². The van der Waals surface area contributed by atoms with Crippen LogP contribution in [0.3, 0.4) is 0 Å². The lowest BCUT2D eigenvalue weighted by Gasteiger charge is -2.11. The minimum absolute atomic E-state index is 0.540. The number of benzene rings is 1. The summed E-state index contributed by atoms with van der Waals surface area (Å²) in [5.41, 5.74) is 2.15. The third-order valence-corrected chi connectivity index (χ3v) is 2.98. The molecule has 0 fully saturated rings. The van der Waals surface area contributed by atoms with Gasteiger partial charge in [0, 0.05) is 18.8 Å². The van der Waals surface area contributed by atoms with Crippen LogP contribution in [0, 0.1) is 6.92 Å². The first kappa shape index (κ1) is 16.0. The molecule has 0 saturated carbocycles. The van der Waals surface area contributed by atoms with Crippen molar-refractivity contribution in [1.82, 2.24) is 15.0 Å². The second kappa shape index (κ2) is 8.17. The summed E-state index contributed by atoms with van der Waals surface area (Å²) in [5, 5.41) is 9.65. The van der Waals surface area contributed by atoms with Gasteiger partial charge in [-0.3, -0.25) is 0 Å². The van der Waals surface area contributed by atoms with E-state index in [2.05, 4.69) is 63.8 Å². The van der Waals surface area contributed by atoms with Crippen molar-refractivity contribution in [3.8, 4) is 0 Å². The Hall–Kier alpha value is -2.37. The summed E-state index contributed by atoms with van der Waals surface area (Å²) in [6.07, 6.45) is 2.04. The van der Waals surface area contributed by atoms with Crippen molar-refractivity contribution in [2.45, 2.75) is 33.6 Å².